The molecule has 174 valence electrons. The average molecular weight is 463 g/mol. The van der Waals surface area contributed by atoms with Crippen LogP contribution in [0.1, 0.15) is 25.3 Å². The van der Waals surface area contributed by atoms with E-state index in [-0.39, 0.29) is 43.7 Å². The SMILES string of the molecule is CC(=O)N1CCC[C@H]1C(=O)N[C@H](Cc1ccc2ccccc2c1)C(=O)NCC(O)CN.Cl. The highest BCUT2D eigenvalue weighted by Gasteiger charge is 2.34. The number of hydrogen-bond acceptors (Lipinski definition) is 5. The van der Waals surface area contributed by atoms with E-state index in [9.17, 15) is 19.5 Å². The van der Waals surface area contributed by atoms with E-state index in [1.54, 1.807) is 4.90 Å². The van der Waals surface area contributed by atoms with Crippen LogP contribution in [0.4, 0.5) is 0 Å². The fraction of sp³-hybridized carbons (Fsp3) is 0.435. The van der Waals surface area contributed by atoms with Crippen molar-refractivity contribution in [2.45, 2.75) is 44.4 Å². The number of hydrogen-bond donors (Lipinski definition) is 4. The summed E-state index contributed by atoms with van der Waals surface area (Å²) in [5, 5.41) is 17.3. The molecule has 9 heteroatoms. The van der Waals surface area contributed by atoms with Crippen molar-refractivity contribution in [2.24, 2.45) is 5.73 Å². The molecular weight excluding hydrogens is 432 g/mol. The number of benzene rings is 2. The van der Waals surface area contributed by atoms with Gasteiger partial charge in [-0.2, -0.15) is 0 Å². The molecule has 1 saturated heterocycles. The molecule has 3 rings (SSSR count). The van der Waals surface area contributed by atoms with Crippen molar-refractivity contribution in [1.29, 1.82) is 0 Å². The number of nitrogens with one attached hydrogen (secondary N) is 2. The number of amides is 3. The van der Waals surface area contributed by atoms with Gasteiger partial charge in [0.15, 0.2) is 0 Å². The van der Waals surface area contributed by atoms with Gasteiger partial charge >= 0.3 is 0 Å². The lowest BCUT2D eigenvalue weighted by Gasteiger charge is -2.26. The highest BCUT2D eigenvalue weighted by Crippen LogP contribution is 2.19. The molecule has 1 fully saturated rings. The van der Waals surface area contributed by atoms with Crippen LogP contribution in [-0.2, 0) is 20.8 Å². The molecule has 3 atom stereocenters. The van der Waals surface area contributed by atoms with E-state index in [1.807, 2.05) is 42.5 Å². The molecule has 0 saturated carbocycles. The molecule has 0 aromatic heterocycles. The molecule has 1 heterocycles. The van der Waals surface area contributed by atoms with Gasteiger partial charge in [-0.1, -0.05) is 42.5 Å². The number of fused-ring (bicyclic) bond motifs is 1. The summed E-state index contributed by atoms with van der Waals surface area (Å²) in [5.74, 6) is -0.895. The minimum Gasteiger partial charge on any atom is -0.390 e. The summed E-state index contributed by atoms with van der Waals surface area (Å²) in [4.78, 5) is 39.1. The van der Waals surface area contributed by atoms with Crippen molar-refractivity contribution in [1.82, 2.24) is 15.5 Å². The van der Waals surface area contributed by atoms with Crippen LogP contribution in [0.3, 0.4) is 0 Å². The highest BCUT2D eigenvalue weighted by atomic mass is 35.5. The Hall–Kier alpha value is -2.68. The van der Waals surface area contributed by atoms with E-state index < -0.39 is 24.1 Å². The van der Waals surface area contributed by atoms with Gasteiger partial charge in [0.25, 0.3) is 0 Å². The predicted octanol–water partition coefficient (Wildman–Crippen LogP) is 0.736. The maximum Gasteiger partial charge on any atom is 0.243 e. The zero-order chi connectivity index (χ0) is 22.4. The second-order valence-electron chi connectivity index (χ2n) is 7.95. The van der Waals surface area contributed by atoms with Gasteiger partial charge in [0.05, 0.1) is 6.10 Å². The molecule has 0 radical (unpaired) electrons. The topological polar surface area (TPSA) is 125 Å². The molecule has 0 spiro atoms. The van der Waals surface area contributed by atoms with Crippen LogP contribution in [0.15, 0.2) is 42.5 Å². The zero-order valence-corrected chi connectivity index (χ0v) is 18.9. The Kier molecular flexibility index (Phi) is 9.43. The molecule has 1 unspecified atom stereocenters. The van der Waals surface area contributed by atoms with E-state index in [2.05, 4.69) is 10.6 Å². The second kappa shape index (κ2) is 11.8. The van der Waals surface area contributed by atoms with Crippen LogP contribution in [0.2, 0.25) is 0 Å². The van der Waals surface area contributed by atoms with Gasteiger partial charge in [0, 0.05) is 33.0 Å². The van der Waals surface area contributed by atoms with Crippen LogP contribution < -0.4 is 16.4 Å². The minimum atomic E-state index is -0.857. The smallest absolute Gasteiger partial charge is 0.243 e. The third kappa shape index (κ3) is 6.41. The number of carbonyl (C=O) groups excluding carboxylic acids is 3. The fourth-order valence-corrected chi connectivity index (χ4v) is 3.92. The number of aliphatic hydroxyl groups excluding tert-OH is 1. The third-order valence-electron chi connectivity index (χ3n) is 5.63. The first-order valence-electron chi connectivity index (χ1n) is 10.6. The Balaban J connectivity index is 0.00000363. The van der Waals surface area contributed by atoms with Gasteiger partial charge in [0.1, 0.15) is 12.1 Å². The van der Waals surface area contributed by atoms with E-state index >= 15 is 0 Å². The first kappa shape index (κ1) is 25.6. The van der Waals surface area contributed by atoms with E-state index in [0.717, 1.165) is 22.8 Å². The lowest BCUT2D eigenvalue weighted by atomic mass is 10.0. The van der Waals surface area contributed by atoms with Crippen molar-refractivity contribution in [2.75, 3.05) is 19.6 Å². The number of nitrogens with two attached hydrogens (primary N) is 1. The quantitative estimate of drug-likeness (QED) is 0.460. The first-order valence-corrected chi connectivity index (χ1v) is 10.6. The van der Waals surface area contributed by atoms with Crippen LogP contribution in [0.25, 0.3) is 10.8 Å². The van der Waals surface area contributed by atoms with Gasteiger partial charge in [0.2, 0.25) is 17.7 Å². The molecular formula is C23H31ClN4O4. The van der Waals surface area contributed by atoms with Gasteiger partial charge in [-0.15, -0.1) is 12.4 Å². The number of nitrogens with zero attached hydrogens (tertiary/aromatic N) is 1. The lowest BCUT2D eigenvalue weighted by molar-refractivity contribution is -0.138. The van der Waals surface area contributed by atoms with Crippen LogP contribution in [0, 0.1) is 0 Å². The Morgan fingerprint density at radius 1 is 1.19 bits per heavy atom. The summed E-state index contributed by atoms with van der Waals surface area (Å²) in [6.07, 6.45) is 0.751. The Labute approximate surface area is 193 Å². The second-order valence-corrected chi connectivity index (χ2v) is 7.95. The molecule has 32 heavy (non-hydrogen) atoms. The van der Waals surface area contributed by atoms with Crippen molar-refractivity contribution >= 4 is 40.9 Å². The van der Waals surface area contributed by atoms with E-state index in [0.29, 0.717) is 13.0 Å². The largest absolute Gasteiger partial charge is 0.390 e. The van der Waals surface area contributed by atoms with E-state index in [1.165, 1.54) is 6.92 Å². The molecule has 0 bridgehead atoms. The van der Waals surface area contributed by atoms with Gasteiger partial charge in [-0.25, -0.2) is 0 Å². The van der Waals surface area contributed by atoms with Crippen molar-refractivity contribution < 1.29 is 19.5 Å². The summed E-state index contributed by atoms with van der Waals surface area (Å²) < 4.78 is 0. The molecule has 1 aliphatic heterocycles. The van der Waals surface area contributed by atoms with Crippen molar-refractivity contribution in [3.63, 3.8) is 0 Å². The zero-order valence-electron chi connectivity index (χ0n) is 18.1. The number of halogens is 1. The van der Waals surface area contributed by atoms with Crippen LogP contribution in [0.5, 0.6) is 0 Å². The lowest BCUT2D eigenvalue weighted by Crippen LogP contribution is -2.54. The molecule has 1 aliphatic rings. The number of rotatable bonds is 8. The van der Waals surface area contributed by atoms with E-state index in [4.69, 9.17) is 5.73 Å². The molecule has 0 aliphatic carbocycles. The summed E-state index contributed by atoms with van der Waals surface area (Å²) in [6.45, 7) is 2.01. The number of aliphatic hydroxyl groups is 1. The molecule has 2 aromatic carbocycles. The summed E-state index contributed by atoms with van der Waals surface area (Å²) in [5.41, 5.74) is 6.31. The fourth-order valence-electron chi connectivity index (χ4n) is 3.92. The summed E-state index contributed by atoms with van der Waals surface area (Å²) >= 11 is 0. The average Bonchev–Trinajstić information content (AvgIpc) is 3.27. The maximum atomic E-state index is 12.9. The third-order valence-corrected chi connectivity index (χ3v) is 5.63. The monoisotopic (exact) mass is 462 g/mol. The molecule has 5 N–H and O–H groups in total. The Bertz CT molecular complexity index is 954. The van der Waals surface area contributed by atoms with Crippen molar-refractivity contribution in [3.8, 4) is 0 Å². The Morgan fingerprint density at radius 3 is 2.59 bits per heavy atom. The molecule has 3 amide bonds. The standard InChI is InChI=1S/C23H30N4O4.ClH/c1-15(28)27-10-4-7-21(27)23(31)26-20(22(30)25-14-19(29)13-24)12-16-8-9-17-5-2-3-6-18(17)11-16;/h2-3,5-6,8-9,11,19-21,29H,4,7,10,12-14,24H2,1H3,(H,25,30)(H,26,31);1H/t19?,20-,21+;/m1./s1. The number of likely N-dealkylation sites (tertiary alicyclic amines) is 1. The predicted molar refractivity (Wildman–Crippen MR) is 125 cm³/mol. The maximum absolute atomic E-state index is 12.9. The number of carbonyl (C=O) groups is 3. The van der Waals surface area contributed by atoms with Crippen LogP contribution >= 0.6 is 12.4 Å². The highest BCUT2D eigenvalue weighted by molar-refractivity contribution is 5.92. The Morgan fingerprint density at radius 2 is 1.91 bits per heavy atom. The summed E-state index contributed by atoms with van der Waals surface area (Å²) in [7, 11) is 0. The first-order chi connectivity index (χ1) is 14.9. The molecule has 8 nitrogen and oxygen atoms in total. The van der Waals surface area contributed by atoms with Gasteiger partial charge in [-0.3, -0.25) is 14.4 Å². The van der Waals surface area contributed by atoms with Gasteiger partial charge < -0.3 is 26.4 Å². The normalized spacial score (nSPS) is 17.3. The molecule has 2 aromatic rings. The summed E-state index contributed by atoms with van der Waals surface area (Å²) in [6, 6.07) is 12.4. The minimum absolute atomic E-state index is 0. The van der Waals surface area contributed by atoms with Crippen LogP contribution in [-0.4, -0.2) is 65.5 Å². The van der Waals surface area contributed by atoms with Crippen molar-refractivity contribution in [3.05, 3.63) is 48.0 Å². The van der Waals surface area contributed by atoms with Gasteiger partial charge in [-0.05, 0) is 29.2 Å².